The summed E-state index contributed by atoms with van der Waals surface area (Å²) in [6.07, 6.45) is 1.12. The summed E-state index contributed by atoms with van der Waals surface area (Å²) in [5.74, 6) is -1.60. The molecular formula is C11H10N4O3. The highest BCUT2D eigenvalue weighted by atomic mass is 16.4. The van der Waals surface area contributed by atoms with Crippen molar-refractivity contribution in [2.75, 3.05) is 11.1 Å². The number of nitrogens with one attached hydrogen (secondary N) is 2. The van der Waals surface area contributed by atoms with Crippen LogP contribution in [0.2, 0.25) is 0 Å². The Kier molecular flexibility index (Phi) is 2.96. The van der Waals surface area contributed by atoms with Crippen molar-refractivity contribution in [3.63, 3.8) is 0 Å². The molecule has 0 unspecified atom stereocenters. The Labute approximate surface area is 102 Å². The van der Waals surface area contributed by atoms with E-state index in [1.165, 1.54) is 6.07 Å². The van der Waals surface area contributed by atoms with E-state index >= 15 is 0 Å². The second-order valence-corrected chi connectivity index (χ2v) is 3.54. The molecule has 0 bridgehead atoms. The van der Waals surface area contributed by atoms with E-state index < -0.39 is 11.9 Å². The molecule has 92 valence electrons. The minimum Gasteiger partial charge on any atom is -0.477 e. The molecule has 1 heterocycles. The van der Waals surface area contributed by atoms with Crippen molar-refractivity contribution in [3.05, 3.63) is 41.6 Å². The van der Waals surface area contributed by atoms with Gasteiger partial charge in [-0.15, -0.1) is 0 Å². The van der Waals surface area contributed by atoms with E-state index in [-0.39, 0.29) is 11.4 Å². The van der Waals surface area contributed by atoms with E-state index in [9.17, 15) is 9.59 Å². The van der Waals surface area contributed by atoms with Crippen molar-refractivity contribution < 1.29 is 14.7 Å². The van der Waals surface area contributed by atoms with Gasteiger partial charge in [0.1, 0.15) is 11.4 Å². The lowest BCUT2D eigenvalue weighted by atomic mass is 10.2. The van der Waals surface area contributed by atoms with Crippen LogP contribution in [0.15, 0.2) is 30.5 Å². The predicted octanol–water partition coefficient (Wildman–Crippen LogP) is 0.942. The average Bonchev–Trinajstić information content (AvgIpc) is 2.77. The van der Waals surface area contributed by atoms with Crippen LogP contribution in [0.4, 0.5) is 11.5 Å². The number of rotatable bonds is 3. The van der Waals surface area contributed by atoms with Crippen LogP contribution in [-0.2, 0) is 0 Å². The van der Waals surface area contributed by atoms with Crippen LogP contribution in [0, 0.1) is 0 Å². The molecule has 2 aromatic rings. The van der Waals surface area contributed by atoms with Gasteiger partial charge in [0.05, 0.1) is 6.20 Å². The number of aromatic amines is 1. The lowest BCUT2D eigenvalue weighted by molar-refractivity contribution is 0.0698. The lowest BCUT2D eigenvalue weighted by Gasteiger charge is -2.04. The molecule has 5 N–H and O–H groups in total. The van der Waals surface area contributed by atoms with Crippen LogP contribution in [0.1, 0.15) is 20.7 Å². The number of benzene rings is 1. The minimum absolute atomic E-state index is 0.0370. The Balaban J connectivity index is 2.21. The molecule has 0 spiro atoms. The van der Waals surface area contributed by atoms with Crippen molar-refractivity contribution >= 4 is 23.4 Å². The van der Waals surface area contributed by atoms with Crippen molar-refractivity contribution in [2.24, 2.45) is 0 Å². The molecule has 0 aliphatic rings. The van der Waals surface area contributed by atoms with E-state index in [4.69, 9.17) is 10.8 Å². The molecule has 18 heavy (non-hydrogen) atoms. The summed E-state index contributed by atoms with van der Waals surface area (Å²) >= 11 is 0. The SMILES string of the molecule is Nc1cccc(C(=O)Nc2[nH]ncc2C(=O)O)c1. The fourth-order valence-electron chi connectivity index (χ4n) is 1.41. The summed E-state index contributed by atoms with van der Waals surface area (Å²) in [4.78, 5) is 22.7. The molecule has 0 saturated heterocycles. The normalized spacial score (nSPS) is 10.0. The third-order valence-electron chi connectivity index (χ3n) is 2.26. The van der Waals surface area contributed by atoms with E-state index in [0.717, 1.165) is 6.20 Å². The number of amides is 1. The number of carboxylic acid groups (broad SMARTS) is 1. The molecule has 7 heteroatoms. The maximum Gasteiger partial charge on any atom is 0.341 e. The van der Waals surface area contributed by atoms with Crippen LogP contribution in [0.25, 0.3) is 0 Å². The van der Waals surface area contributed by atoms with Crippen molar-refractivity contribution in [1.82, 2.24) is 10.2 Å². The summed E-state index contributed by atoms with van der Waals surface area (Å²) in [6.45, 7) is 0. The minimum atomic E-state index is -1.17. The van der Waals surface area contributed by atoms with E-state index in [1.54, 1.807) is 18.2 Å². The molecule has 7 nitrogen and oxygen atoms in total. The number of hydrogen-bond donors (Lipinski definition) is 4. The van der Waals surface area contributed by atoms with Crippen molar-refractivity contribution in [1.29, 1.82) is 0 Å². The standard InChI is InChI=1S/C11H10N4O3/c12-7-3-1-2-6(4-7)10(16)14-9-8(11(17)18)5-13-15-9/h1-5H,12H2,(H,17,18)(H2,13,14,15,16). The van der Waals surface area contributed by atoms with Gasteiger partial charge in [-0.25, -0.2) is 4.79 Å². The molecule has 1 aromatic heterocycles. The van der Waals surface area contributed by atoms with Gasteiger partial charge < -0.3 is 16.2 Å². The fourth-order valence-corrected chi connectivity index (χ4v) is 1.41. The molecule has 0 aliphatic heterocycles. The van der Waals surface area contributed by atoms with Crippen LogP contribution in [0.3, 0.4) is 0 Å². The monoisotopic (exact) mass is 246 g/mol. The summed E-state index contributed by atoms with van der Waals surface area (Å²) in [5.41, 5.74) is 6.23. The highest BCUT2D eigenvalue weighted by molar-refractivity contribution is 6.07. The average molecular weight is 246 g/mol. The highest BCUT2D eigenvalue weighted by Gasteiger charge is 2.15. The fraction of sp³-hybridized carbons (Fsp3) is 0. The third-order valence-corrected chi connectivity index (χ3v) is 2.26. The third kappa shape index (κ3) is 2.29. The van der Waals surface area contributed by atoms with Gasteiger partial charge in [0, 0.05) is 11.3 Å². The van der Waals surface area contributed by atoms with Gasteiger partial charge in [0.15, 0.2) is 0 Å². The van der Waals surface area contributed by atoms with Crippen LogP contribution < -0.4 is 11.1 Å². The molecule has 1 aromatic carbocycles. The summed E-state index contributed by atoms with van der Waals surface area (Å²) in [5, 5.41) is 17.2. The maximum atomic E-state index is 11.8. The number of carbonyl (C=O) groups excluding carboxylic acids is 1. The summed E-state index contributed by atoms with van der Waals surface area (Å²) in [7, 11) is 0. The zero-order valence-corrected chi connectivity index (χ0v) is 9.18. The number of carbonyl (C=O) groups is 2. The Hall–Kier alpha value is -2.83. The zero-order valence-electron chi connectivity index (χ0n) is 9.18. The number of nitrogens with two attached hydrogens (primary N) is 1. The number of aromatic nitrogens is 2. The van der Waals surface area contributed by atoms with Gasteiger partial charge >= 0.3 is 5.97 Å². The number of hydrogen-bond acceptors (Lipinski definition) is 4. The number of anilines is 2. The molecule has 2 rings (SSSR count). The second kappa shape index (κ2) is 4.58. The Morgan fingerprint density at radius 3 is 2.83 bits per heavy atom. The van der Waals surface area contributed by atoms with Crippen LogP contribution in [-0.4, -0.2) is 27.2 Å². The predicted molar refractivity (Wildman–Crippen MR) is 64.4 cm³/mol. The number of nitrogen functional groups attached to an aromatic ring is 1. The van der Waals surface area contributed by atoms with Crippen molar-refractivity contribution in [2.45, 2.75) is 0 Å². The second-order valence-electron chi connectivity index (χ2n) is 3.54. The largest absolute Gasteiger partial charge is 0.477 e. The molecule has 0 atom stereocenters. The topological polar surface area (TPSA) is 121 Å². The first-order valence-corrected chi connectivity index (χ1v) is 5.01. The molecule has 0 aliphatic carbocycles. The van der Waals surface area contributed by atoms with Gasteiger partial charge in [0.2, 0.25) is 0 Å². The molecular weight excluding hydrogens is 236 g/mol. The van der Waals surface area contributed by atoms with E-state index in [0.29, 0.717) is 11.3 Å². The number of nitrogens with zero attached hydrogens (tertiary/aromatic N) is 1. The van der Waals surface area contributed by atoms with Gasteiger partial charge in [-0.2, -0.15) is 5.10 Å². The van der Waals surface area contributed by atoms with Crippen LogP contribution >= 0.6 is 0 Å². The molecule has 0 fully saturated rings. The first-order valence-electron chi connectivity index (χ1n) is 5.01. The Morgan fingerprint density at radius 2 is 2.17 bits per heavy atom. The number of H-pyrrole nitrogens is 1. The smallest absolute Gasteiger partial charge is 0.341 e. The van der Waals surface area contributed by atoms with Gasteiger partial charge in [-0.05, 0) is 18.2 Å². The molecule has 0 saturated carbocycles. The first-order chi connectivity index (χ1) is 8.58. The van der Waals surface area contributed by atoms with Gasteiger partial charge in [-0.3, -0.25) is 9.89 Å². The quantitative estimate of drug-likeness (QED) is 0.600. The Bertz CT molecular complexity index is 606. The van der Waals surface area contributed by atoms with Gasteiger partial charge in [-0.1, -0.05) is 6.07 Å². The van der Waals surface area contributed by atoms with Crippen LogP contribution in [0.5, 0.6) is 0 Å². The lowest BCUT2D eigenvalue weighted by Crippen LogP contribution is -2.14. The Morgan fingerprint density at radius 1 is 1.39 bits per heavy atom. The summed E-state index contributed by atoms with van der Waals surface area (Å²) < 4.78 is 0. The van der Waals surface area contributed by atoms with E-state index in [1.807, 2.05) is 0 Å². The number of carboxylic acids is 1. The summed E-state index contributed by atoms with van der Waals surface area (Å²) in [6, 6.07) is 6.35. The molecule has 1 amide bonds. The zero-order chi connectivity index (χ0) is 13.1. The van der Waals surface area contributed by atoms with E-state index in [2.05, 4.69) is 15.5 Å². The van der Waals surface area contributed by atoms with Crippen molar-refractivity contribution in [3.8, 4) is 0 Å². The first kappa shape index (κ1) is 11.6. The number of aromatic carboxylic acids is 1. The van der Waals surface area contributed by atoms with Gasteiger partial charge in [0.25, 0.3) is 5.91 Å². The highest BCUT2D eigenvalue weighted by Crippen LogP contribution is 2.13. The maximum absolute atomic E-state index is 11.8. The molecule has 0 radical (unpaired) electrons.